The van der Waals surface area contributed by atoms with Crippen molar-refractivity contribution in [3.05, 3.63) is 48.3 Å². The lowest BCUT2D eigenvalue weighted by molar-refractivity contribution is -0.274. The molecule has 0 spiro atoms. The molecule has 0 amide bonds. The summed E-state index contributed by atoms with van der Waals surface area (Å²) in [4.78, 5) is 2.55. The minimum absolute atomic E-state index is 0.124. The van der Waals surface area contributed by atoms with Crippen LogP contribution in [0, 0.1) is 5.82 Å². The molecule has 0 unspecified atom stereocenters. The largest absolute Gasteiger partial charge is 0.573 e. The third-order valence-electron chi connectivity index (χ3n) is 3.27. The highest BCUT2D eigenvalue weighted by molar-refractivity contribution is 7.80. The summed E-state index contributed by atoms with van der Waals surface area (Å²) in [5.74, 6) is -1.37. The lowest BCUT2D eigenvalue weighted by atomic mass is 10.2. The van der Waals surface area contributed by atoms with Gasteiger partial charge in [-0.3, -0.25) is 0 Å². The fourth-order valence-corrected chi connectivity index (χ4v) is 2.41. The molecule has 3 N–H and O–H groups in total. The Morgan fingerprint density at radius 1 is 1.19 bits per heavy atom. The molecule has 0 fully saturated rings. The van der Waals surface area contributed by atoms with E-state index in [1.165, 1.54) is 24.3 Å². The molecule has 0 bridgehead atoms. The number of nitrogens with one attached hydrogen (secondary N) is 2. The van der Waals surface area contributed by atoms with Crippen LogP contribution in [0.3, 0.4) is 0 Å². The van der Waals surface area contributed by atoms with Gasteiger partial charge in [-0.1, -0.05) is 6.07 Å². The minimum Gasteiger partial charge on any atom is -0.493 e. The fourth-order valence-electron chi connectivity index (χ4n) is 2.25. The Kier molecular flexibility index (Phi) is 4.95. The number of hydrogen-bond donors (Lipinski definition) is 3. The normalized spacial score (nSPS) is 11.9. The first-order chi connectivity index (χ1) is 12.7. The predicted octanol–water partition coefficient (Wildman–Crippen LogP) is 5.39. The van der Waals surface area contributed by atoms with Gasteiger partial charge in [0.15, 0.2) is 5.69 Å². The van der Waals surface area contributed by atoms with Crippen LogP contribution in [-0.2, 0) is 0 Å². The highest BCUT2D eigenvalue weighted by Gasteiger charge is 2.31. The molecular weight excluding hydrogens is 388 g/mol. The molecule has 0 atom stereocenters. The van der Waals surface area contributed by atoms with E-state index in [0.29, 0.717) is 11.2 Å². The number of rotatable bonds is 3. The zero-order chi connectivity index (χ0) is 19.6. The van der Waals surface area contributed by atoms with Crippen molar-refractivity contribution in [2.24, 2.45) is 10.2 Å². The van der Waals surface area contributed by atoms with Crippen LogP contribution in [0.25, 0.3) is 10.9 Å². The van der Waals surface area contributed by atoms with Crippen LogP contribution >= 0.6 is 12.2 Å². The summed E-state index contributed by atoms with van der Waals surface area (Å²) in [6.07, 6.45) is -4.86. The van der Waals surface area contributed by atoms with Crippen molar-refractivity contribution in [2.45, 2.75) is 6.36 Å². The van der Waals surface area contributed by atoms with Crippen molar-refractivity contribution in [3.8, 4) is 11.6 Å². The molecule has 3 aromatic rings. The van der Waals surface area contributed by atoms with E-state index in [9.17, 15) is 22.7 Å². The topological polar surface area (TPSA) is 82.0 Å². The lowest BCUT2D eigenvalue weighted by Crippen LogP contribution is -2.16. The molecule has 3 rings (SSSR count). The second-order valence-corrected chi connectivity index (χ2v) is 5.60. The molecule has 140 valence electrons. The van der Waals surface area contributed by atoms with E-state index in [4.69, 9.17) is 12.2 Å². The third-order valence-corrected chi connectivity index (χ3v) is 3.46. The van der Waals surface area contributed by atoms with E-state index in [2.05, 4.69) is 25.3 Å². The van der Waals surface area contributed by atoms with Crippen molar-refractivity contribution in [2.75, 3.05) is 5.32 Å². The lowest BCUT2D eigenvalue weighted by Gasteiger charge is -2.08. The molecule has 0 radical (unpaired) electrons. The molecule has 0 aliphatic heterocycles. The number of fused-ring (bicyclic) bond motifs is 1. The minimum atomic E-state index is -4.86. The Balaban J connectivity index is 1.84. The highest BCUT2D eigenvalue weighted by Crippen LogP contribution is 2.38. The van der Waals surface area contributed by atoms with Crippen LogP contribution in [0.15, 0.2) is 52.7 Å². The number of aromatic amines is 1. The standard InChI is InChI=1S/C16H10F4N4O2S/c17-8-2-1-3-9(6-8)21-15(27)24-23-13-11-7-10(26-16(18,19)20)4-5-12(11)22-14(13)25/h1-7,22,25H,(H,21,27). The van der Waals surface area contributed by atoms with Crippen molar-refractivity contribution in [1.82, 2.24) is 4.98 Å². The van der Waals surface area contributed by atoms with Gasteiger partial charge in [-0.2, -0.15) is 0 Å². The van der Waals surface area contributed by atoms with Crippen molar-refractivity contribution >= 4 is 39.6 Å². The molecule has 6 nitrogen and oxygen atoms in total. The van der Waals surface area contributed by atoms with Gasteiger partial charge in [-0.15, -0.1) is 23.4 Å². The van der Waals surface area contributed by atoms with Gasteiger partial charge >= 0.3 is 6.36 Å². The quantitative estimate of drug-likeness (QED) is 0.314. The Hall–Kier alpha value is -3.21. The van der Waals surface area contributed by atoms with Crippen LogP contribution in [0.1, 0.15) is 0 Å². The second-order valence-electron chi connectivity index (χ2n) is 5.22. The summed E-state index contributed by atoms with van der Waals surface area (Å²) < 4.78 is 54.1. The van der Waals surface area contributed by atoms with E-state index in [1.807, 2.05) is 0 Å². The number of alkyl halides is 3. The zero-order valence-electron chi connectivity index (χ0n) is 13.2. The maximum Gasteiger partial charge on any atom is 0.573 e. The summed E-state index contributed by atoms with van der Waals surface area (Å²) in [5, 5.41) is 20.0. The Morgan fingerprint density at radius 2 is 1.96 bits per heavy atom. The second kappa shape index (κ2) is 7.19. The molecule has 0 saturated heterocycles. The third kappa shape index (κ3) is 4.70. The van der Waals surface area contributed by atoms with Gasteiger partial charge in [0.25, 0.3) is 0 Å². The van der Waals surface area contributed by atoms with Gasteiger partial charge in [0, 0.05) is 11.1 Å². The fraction of sp³-hybridized carbons (Fsp3) is 0.0625. The zero-order valence-corrected chi connectivity index (χ0v) is 14.0. The number of H-pyrrole nitrogens is 1. The van der Waals surface area contributed by atoms with Crippen LogP contribution in [-0.4, -0.2) is 21.6 Å². The molecule has 1 aromatic heterocycles. The maximum absolute atomic E-state index is 13.1. The smallest absolute Gasteiger partial charge is 0.493 e. The number of thiocarbonyl (C=S) groups is 1. The summed E-state index contributed by atoms with van der Waals surface area (Å²) in [7, 11) is 0. The molecule has 27 heavy (non-hydrogen) atoms. The highest BCUT2D eigenvalue weighted by atomic mass is 32.1. The van der Waals surface area contributed by atoms with Gasteiger partial charge in [0.2, 0.25) is 11.0 Å². The number of anilines is 1. The average Bonchev–Trinajstić information content (AvgIpc) is 2.86. The number of aromatic nitrogens is 1. The first-order valence-corrected chi connectivity index (χ1v) is 7.71. The van der Waals surface area contributed by atoms with Crippen molar-refractivity contribution in [3.63, 3.8) is 0 Å². The first-order valence-electron chi connectivity index (χ1n) is 7.30. The molecular formula is C16H10F4N4O2S. The van der Waals surface area contributed by atoms with Crippen molar-refractivity contribution in [1.29, 1.82) is 0 Å². The van der Waals surface area contributed by atoms with Gasteiger partial charge in [-0.05, 0) is 48.6 Å². The van der Waals surface area contributed by atoms with E-state index in [1.54, 1.807) is 6.07 Å². The molecule has 0 aliphatic carbocycles. The van der Waals surface area contributed by atoms with Crippen LogP contribution < -0.4 is 10.1 Å². The van der Waals surface area contributed by atoms with Gasteiger partial charge < -0.3 is 20.1 Å². The number of nitrogens with zero attached hydrogens (tertiary/aromatic N) is 2. The molecule has 11 heteroatoms. The number of benzene rings is 2. The SMILES string of the molecule is Oc1[nH]c2ccc(OC(F)(F)F)cc2c1N=NC(=S)Nc1cccc(F)c1. The number of ether oxygens (including phenoxy) is 1. The molecule has 2 aromatic carbocycles. The molecule has 0 saturated carbocycles. The number of hydrogen-bond acceptors (Lipinski definition) is 4. The summed E-state index contributed by atoms with van der Waals surface area (Å²) in [6.45, 7) is 0. The van der Waals surface area contributed by atoms with Gasteiger partial charge in [0.1, 0.15) is 11.6 Å². The van der Waals surface area contributed by atoms with E-state index in [-0.39, 0.29) is 16.2 Å². The van der Waals surface area contributed by atoms with Crippen LogP contribution in [0.2, 0.25) is 0 Å². The summed E-state index contributed by atoms with van der Waals surface area (Å²) in [5.41, 5.74) is 0.531. The molecule has 0 aliphatic rings. The number of halogens is 4. The van der Waals surface area contributed by atoms with Crippen molar-refractivity contribution < 1.29 is 27.4 Å². The van der Waals surface area contributed by atoms with Gasteiger partial charge in [-0.25, -0.2) is 4.39 Å². The summed E-state index contributed by atoms with van der Waals surface area (Å²) >= 11 is 4.96. The monoisotopic (exact) mass is 398 g/mol. The van der Waals surface area contributed by atoms with Crippen LogP contribution in [0.4, 0.5) is 28.9 Å². The molecule has 1 heterocycles. The Morgan fingerprint density at radius 3 is 2.67 bits per heavy atom. The van der Waals surface area contributed by atoms with E-state index >= 15 is 0 Å². The average molecular weight is 398 g/mol. The number of aromatic hydroxyl groups is 1. The Labute approximate surface area is 154 Å². The Bertz CT molecular complexity index is 1030. The van der Waals surface area contributed by atoms with E-state index in [0.717, 1.165) is 12.1 Å². The maximum atomic E-state index is 13.1. The van der Waals surface area contributed by atoms with E-state index < -0.39 is 23.8 Å². The predicted molar refractivity (Wildman–Crippen MR) is 93.8 cm³/mol. The first kappa shape index (κ1) is 18.6. The van der Waals surface area contributed by atoms with Crippen LogP contribution in [0.5, 0.6) is 11.6 Å². The summed E-state index contributed by atoms with van der Waals surface area (Å²) in [6, 6.07) is 8.88. The van der Waals surface area contributed by atoms with Gasteiger partial charge in [0.05, 0.1) is 5.52 Å². The number of azo groups is 1.